The maximum atomic E-state index is 12.8. The van der Waals surface area contributed by atoms with Crippen molar-refractivity contribution >= 4 is 17.2 Å². The van der Waals surface area contributed by atoms with Crippen LogP contribution >= 0.6 is 11.3 Å². The second-order valence-corrected chi connectivity index (χ2v) is 6.95. The number of rotatable bonds is 7. The Hall–Kier alpha value is -2.66. The van der Waals surface area contributed by atoms with Crippen LogP contribution in [0.1, 0.15) is 35.7 Å². The number of amides is 1. The number of hydrogen-bond donors (Lipinski definition) is 1. The van der Waals surface area contributed by atoms with Crippen molar-refractivity contribution in [1.29, 1.82) is 0 Å². The average molecular weight is 366 g/mol. The molecule has 5 heteroatoms. The van der Waals surface area contributed by atoms with Crippen molar-refractivity contribution in [3.63, 3.8) is 0 Å². The summed E-state index contributed by atoms with van der Waals surface area (Å²) < 4.78 is 1.66. The van der Waals surface area contributed by atoms with Crippen molar-refractivity contribution in [2.24, 2.45) is 0 Å². The maximum absolute atomic E-state index is 12.8. The third-order valence-electron chi connectivity index (χ3n) is 4.23. The average Bonchev–Trinajstić information content (AvgIpc) is 3.21. The third-order valence-corrected chi connectivity index (χ3v) is 4.92. The molecule has 0 aliphatic rings. The molecule has 26 heavy (non-hydrogen) atoms. The van der Waals surface area contributed by atoms with Gasteiger partial charge in [0.1, 0.15) is 5.56 Å². The molecular formula is C21H22N2O2S. The monoisotopic (exact) mass is 366 g/mol. The standard InChI is InChI=1S/C21H22N2O2S/c1-2-3-10-23-14-18(17-9-11-26-15-17)12-19(21(23)25)20(24)22-13-16-7-5-4-6-8-16/h4-9,11-12,14-15H,2-3,10,13H2,1H3,(H,22,24). The van der Waals surface area contributed by atoms with E-state index in [1.165, 1.54) is 0 Å². The van der Waals surface area contributed by atoms with Gasteiger partial charge in [-0.1, -0.05) is 43.7 Å². The van der Waals surface area contributed by atoms with Crippen molar-refractivity contribution in [2.45, 2.75) is 32.9 Å². The zero-order chi connectivity index (χ0) is 18.4. The highest BCUT2D eigenvalue weighted by Crippen LogP contribution is 2.22. The van der Waals surface area contributed by atoms with Gasteiger partial charge in [-0.2, -0.15) is 11.3 Å². The van der Waals surface area contributed by atoms with Crippen LogP contribution in [0.25, 0.3) is 11.1 Å². The number of unbranched alkanes of at least 4 members (excludes halogenated alkanes) is 1. The van der Waals surface area contributed by atoms with Gasteiger partial charge < -0.3 is 9.88 Å². The lowest BCUT2D eigenvalue weighted by Gasteiger charge is -2.11. The van der Waals surface area contributed by atoms with Crippen molar-refractivity contribution in [2.75, 3.05) is 0 Å². The normalized spacial score (nSPS) is 10.7. The van der Waals surface area contributed by atoms with Crippen LogP contribution in [0.3, 0.4) is 0 Å². The summed E-state index contributed by atoms with van der Waals surface area (Å²) in [5.74, 6) is -0.332. The molecule has 0 atom stereocenters. The number of hydrogen-bond acceptors (Lipinski definition) is 3. The highest BCUT2D eigenvalue weighted by atomic mass is 32.1. The molecule has 4 nitrogen and oxygen atoms in total. The Labute approximate surface area is 157 Å². The first kappa shape index (κ1) is 18.1. The first-order valence-corrected chi connectivity index (χ1v) is 9.72. The first-order valence-electron chi connectivity index (χ1n) is 8.78. The number of carbonyl (C=O) groups is 1. The number of nitrogens with zero attached hydrogens (tertiary/aromatic N) is 1. The summed E-state index contributed by atoms with van der Waals surface area (Å²) in [7, 11) is 0. The van der Waals surface area contributed by atoms with Crippen LogP contribution in [-0.4, -0.2) is 10.5 Å². The summed E-state index contributed by atoms with van der Waals surface area (Å²) in [6.45, 7) is 3.10. The van der Waals surface area contributed by atoms with Crippen LogP contribution in [0.2, 0.25) is 0 Å². The SMILES string of the molecule is CCCCn1cc(-c2ccsc2)cc(C(=O)NCc2ccccc2)c1=O. The molecule has 3 aromatic rings. The van der Waals surface area contributed by atoms with Crippen LogP contribution in [0.15, 0.2) is 64.2 Å². The number of nitrogens with one attached hydrogen (secondary N) is 1. The van der Waals surface area contributed by atoms with Crippen LogP contribution < -0.4 is 10.9 Å². The van der Waals surface area contributed by atoms with Crippen LogP contribution in [0, 0.1) is 0 Å². The summed E-state index contributed by atoms with van der Waals surface area (Å²) in [6, 6.07) is 13.4. The van der Waals surface area contributed by atoms with Crippen molar-refractivity contribution in [3.8, 4) is 11.1 Å². The first-order chi connectivity index (χ1) is 12.7. The van der Waals surface area contributed by atoms with E-state index in [9.17, 15) is 9.59 Å². The molecule has 1 aromatic carbocycles. The molecule has 0 unspecified atom stereocenters. The highest BCUT2D eigenvalue weighted by Gasteiger charge is 2.15. The van der Waals surface area contributed by atoms with Gasteiger partial charge >= 0.3 is 0 Å². The molecule has 2 aromatic heterocycles. The van der Waals surface area contributed by atoms with Crippen LogP contribution in [0.5, 0.6) is 0 Å². The summed E-state index contributed by atoms with van der Waals surface area (Å²) in [6.07, 6.45) is 3.75. The molecule has 0 aliphatic heterocycles. The predicted octanol–water partition coefficient (Wildman–Crippen LogP) is 4.31. The van der Waals surface area contributed by atoms with Gasteiger partial charge in [0.25, 0.3) is 11.5 Å². The second-order valence-electron chi connectivity index (χ2n) is 6.17. The molecule has 2 heterocycles. The lowest BCUT2D eigenvalue weighted by atomic mass is 10.1. The third kappa shape index (κ3) is 4.29. The van der Waals surface area contributed by atoms with Gasteiger partial charge in [-0.15, -0.1) is 0 Å². The molecule has 1 amide bonds. The van der Waals surface area contributed by atoms with Gasteiger partial charge in [-0.3, -0.25) is 9.59 Å². The van der Waals surface area contributed by atoms with E-state index in [0.717, 1.165) is 29.5 Å². The molecule has 1 N–H and O–H groups in total. The van der Waals surface area contributed by atoms with Crippen LogP contribution in [-0.2, 0) is 13.1 Å². The molecule has 0 aliphatic carbocycles. The smallest absolute Gasteiger partial charge is 0.263 e. The van der Waals surface area contributed by atoms with Gasteiger partial charge in [0, 0.05) is 19.3 Å². The molecular weight excluding hydrogens is 344 g/mol. The molecule has 0 bridgehead atoms. The topological polar surface area (TPSA) is 51.1 Å². The van der Waals surface area contributed by atoms with Crippen LogP contribution in [0.4, 0.5) is 0 Å². The lowest BCUT2D eigenvalue weighted by molar-refractivity contribution is 0.0949. The maximum Gasteiger partial charge on any atom is 0.263 e. The lowest BCUT2D eigenvalue weighted by Crippen LogP contribution is -2.33. The molecule has 0 spiro atoms. The van der Waals surface area contributed by atoms with Gasteiger partial charge in [-0.05, 0) is 46.0 Å². The molecule has 134 valence electrons. The minimum absolute atomic E-state index is 0.195. The van der Waals surface area contributed by atoms with Crippen molar-refractivity contribution in [3.05, 3.63) is 80.9 Å². The summed E-state index contributed by atoms with van der Waals surface area (Å²) in [5.41, 5.74) is 2.88. The Morgan fingerprint density at radius 1 is 1.15 bits per heavy atom. The van der Waals surface area contributed by atoms with Crippen molar-refractivity contribution < 1.29 is 4.79 Å². The number of carbonyl (C=O) groups excluding carboxylic acids is 1. The minimum atomic E-state index is -0.332. The van der Waals surface area contributed by atoms with Gasteiger partial charge in [0.15, 0.2) is 0 Å². The van der Waals surface area contributed by atoms with E-state index in [4.69, 9.17) is 0 Å². The number of aromatic nitrogens is 1. The quantitative estimate of drug-likeness (QED) is 0.677. The molecule has 3 rings (SSSR count). The summed E-state index contributed by atoms with van der Waals surface area (Å²) in [4.78, 5) is 25.4. The number of benzene rings is 1. The Morgan fingerprint density at radius 3 is 2.65 bits per heavy atom. The molecule has 0 saturated carbocycles. The van der Waals surface area contributed by atoms with E-state index in [2.05, 4.69) is 12.2 Å². The number of pyridine rings is 1. The number of aryl methyl sites for hydroxylation is 1. The molecule has 0 saturated heterocycles. The minimum Gasteiger partial charge on any atom is -0.348 e. The Morgan fingerprint density at radius 2 is 1.96 bits per heavy atom. The van der Waals surface area contributed by atoms with E-state index >= 15 is 0 Å². The fourth-order valence-electron chi connectivity index (χ4n) is 2.75. The molecule has 0 fully saturated rings. The van der Waals surface area contributed by atoms with Gasteiger partial charge in [0.2, 0.25) is 0 Å². The largest absolute Gasteiger partial charge is 0.348 e. The van der Waals surface area contributed by atoms with Gasteiger partial charge in [0.05, 0.1) is 0 Å². The van der Waals surface area contributed by atoms with E-state index in [1.807, 2.05) is 53.4 Å². The van der Waals surface area contributed by atoms with E-state index in [-0.39, 0.29) is 17.0 Å². The van der Waals surface area contributed by atoms with Crippen molar-refractivity contribution in [1.82, 2.24) is 9.88 Å². The Bertz CT molecular complexity index is 915. The van der Waals surface area contributed by atoms with E-state index in [0.29, 0.717) is 13.1 Å². The second kappa shape index (κ2) is 8.63. The zero-order valence-electron chi connectivity index (χ0n) is 14.8. The number of thiophene rings is 1. The zero-order valence-corrected chi connectivity index (χ0v) is 15.6. The Balaban J connectivity index is 1.90. The molecule has 0 radical (unpaired) electrons. The fraction of sp³-hybridized carbons (Fsp3) is 0.238. The predicted molar refractivity (Wildman–Crippen MR) is 107 cm³/mol. The van der Waals surface area contributed by atoms with E-state index < -0.39 is 0 Å². The van der Waals surface area contributed by atoms with Gasteiger partial charge in [-0.25, -0.2) is 0 Å². The Kier molecular flexibility index (Phi) is 6.02. The summed E-state index contributed by atoms with van der Waals surface area (Å²) in [5, 5.41) is 6.88. The highest BCUT2D eigenvalue weighted by molar-refractivity contribution is 7.08. The van der Waals surface area contributed by atoms with E-state index in [1.54, 1.807) is 22.0 Å². The summed E-state index contributed by atoms with van der Waals surface area (Å²) >= 11 is 1.60. The fourth-order valence-corrected chi connectivity index (χ4v) is 3.42.